The van der Waals surface area contributed by atoms with E-state index in [0.29, 0.717) is 0 Å². The van der Waals surface area contributed by atoms with E-state index in [1.807, 2.05) is 6.92 Å². The standard InChI is InChI=1S/C12H25NO/c1-2-12(14)10-13-9-8-11-6-4-3-5-7-11/h11-14H,2-10H2,1H3. The van der Waals surface area contributed by atoms with E-state index in [0.717, 1.165) is 25.4 Å². The summed E-state index contributed by atoms with van der Waals surface area (Å²) >= 11 is 0. The zero-order chi connectivity index (χ0) is 10.2. The SMILES string of the molecule is CCC(O)CNCCC1CCCCC1. The second kappa shape index (κ2) is 7.24. The highest BCUT2D eigenvalue weighted by Gasteiger charge is 2.12. The van der Waals surface area contributed by atoms with Crippen LogP contribution in [0.2, 0.25) is 0 Å². The molecule has 2 heteroatoms. The van der Waals surface area contributed by atoms with Crippen LogP contribution in [0.1, 0.15) is 51.9 Å². The molecular weight excluding hydrogens is 174 g/mol. The monoisotopic (exact) mass is 199 g/mol. The first-order valence-electron chi connectivity index (χ1n) is 6.21. The van der Waals surface area contributed by atoms with E-state index in [1.165, 1.54) is 38.5 Å². The van der Waals surface area contributed by atoms with Gasteiger partial charge in [-0.25, -0.2) is 0 Å². The maximum Gasteiger partial charge on any atom is 0.0662 e. The summed E-state index contributed by atoms with van der Waals surface area (Å²) in [5.74, 6) is 0.954. The maximum absolute atomic E-state index is 9.33. The molecule has 0 amide bonds. The lowest BCUT2D eigenvalue weighted by molar-refractivity contribution is 0.166. The highest BCUT2D eigenvalue weighted by atomic mass is 16.3. The first kappa shape index (κ1) is 12.0. The summed E-state index contributed by atoms with van der Waals surface area (Å²) < 4.78 is 0. The molecule has 0 heterocycles. The van der Waals surface area contributed by atoms with Gasteiger partial charge in [0.2, 0.25) is 0 Å². The summed E-state index contributed by atoms with van der Waals surface area (Å²) in [5, 5.41) is 12.7. The van der Waals surface area contributed by atoms with E-state index < -0.39 is 0 Å². The Morgan fingerprint density at radius 2 is 2.00 bits per heavy atom. The molecule has 1 aliphatic rings. The van der Waals surface area contributed by atoms with E-state index in [4.69, 9.17) is 0 Å². The summed E-state index contributed by atoms with van der Waals surface area (Å²) in [7, 11) is 0. The van der Waals surface area contributed by atoms with Crippen LogP contribution in [0.15, 0.2) is 0 Å². The van der Waals surface area contributed by atoms with Gasteiger partial charge in [0.05, 0.1) is 6.10 Å². The molecule has 0 saturated heterocycles. The van der Waals surface area contributed by atoms with Crippen LogP contribution in [-0.4, -0.2) is 24.3 Å². The number of hydrogen-bond acceptors (Lipinski definition) is 2. The van der Waals surface area contributed by atoms with Crippen molar-refractivity contribution in [1.29, 1.82) is 0 Å². The molecule has 1 unspecified atom stereocenters. The second-order valence-corrected chi connectivity index (χ2v) is 4.56. The van der Waals surface area contributed by atoms with E-state index in [-0.39, 0.29) is 6.10 Å². The highest BCUT2D eigenvalue weighted by Crippen LogP contribution is 2.25. The largest absolute Gasteiger partial charge is 0.392 e. The summed E-state index contributed by atoms with van der Waals surface area (Å²) in [5.41, 5.74) is 0. The van der Waals surface area contributed by atoms with Crippen LogP contribution in [-0.2, 0) is 0 Å². The van der Waals surface area contributed by atoms with Crippen molar-refractivity contribution in [3.05, 3.63) is 0 Å². The third-order valence-corrected chi connectivity index (χ3v) is 3.31. The van der Waals surface area contributed by atoms with Gasteiger partial charge in [0.25, 0.3) is 0 Å². The van der Waals surface area contributed by atoms with Crippen molar-refractivity contribution >= 4 is 0 Å². The minimum absolute atomic E-state index is 0.152. The van der Waals surface area contributed by atoms with Crippen molar-refractivity contribution in [2.75, 3.05) is 13.1 Å². The molecule has 0 aromatic heterocycles. The summed E-state index contributed by atoms with van der Waals surface area (Å²) in [4.78, 5) is 0. The molecule has 2 N–H and O–H groups in total. The summed E-state index contributed by atoms with van der Waals surface area (Å²) in [6.45, 7) is 3.87. The molecule has 2 nitrogen and oxygen atoms in total. The highest BCUT2D eigenvalue weighted by molar-refractivity contribution is 4.67. The van der Waals surface area contributed by atoms with Crippen molar-refractivity contribution in [2.24, 2.45) is 5.92 Å². The minimum Gasteiger partial charge on any atom is -0.392 e. The van der Waals surface area contributed by atoms with Gasteiger partial charge in [0.1, 0.15) is 0 Å². The van der Waals surface area contributed by atoms with Crippen LogP contribution in [0.25, 0.3) is 0 Å². The Morgan fingerprint density at radius 3 is 2.64 bits per heavy atom. The molecule has 1 saturated carbocycles. The van der Waals surface area contributed by atoms with Crippen molar-refractivity contribution in [1.82, 2.24) is 5.32 Å². The molecule has 0 aromatic rings. The molecule has 0 radical (unpaired) electrons. The normalized spacial score (nSPS) is 21.0. The topological polar surface area (TPSA) is 32.3 Å². The van der Waals surface area contributed by atoms with Gasteiger partial charge in [0.15, 0.2) is 0 Å². The molecule has 0 bridgehead atoms. The number of aliphatic hydroxyl groups is 1. The average Bonchev–Trinajstić information content (AvgIpc) is 2.25. The van der Waals surface area contributed by atoms with Crippen molar-refractivity contribution < 1.29 is 5.11 Å². The molecule has 0 spiro atoms. The zero-order valence-corrected chi connectivity index (χ0v) is 9.47. The fourth-order valence-electron chi connectivity index (χ4n) is 2.20. The average molecular weight is 199 g/mol. The van der Waals surface area contributed by atoms with Crippen LogP contribution in [0.4, 0.5) is 0 Å². The molecule has 1 atom stereocenters. The molecule has 1 fully saturated rings. The lowest BCUT2D eigenvalue weighted by atomic mass is 9.87. The van der Waals surface area contributed by atoms with Gasteiger partial charge >= 0.3 is 0 Å². The summed E-state index contributed by atoms with van der Waals surface area (Å²) in [6.07, 6.45) is 9.17. The fraction of sp³-hybridized carbons (Fsp3) is 1.00. The molecule has 0 aromatic carbocycles. The van der Waals surface area contributed by atoms with Gasteiger partial charge in [-0.15, -0.1) is 0 Å². The zero-order valence-electron chi connectivity index (χ0n) is 9.47. The van der Waals surface area contributed by atoms with Crippen molar-refractivity contribution in [3.8, 4) is 0 Å². The van der Waals surface area contributed by atoms with Crippen LogP contribution in [0, 0.1) is 5.92 Å². The van der Waals surface area contributed by atoms with Crippen LogP contribution in [0.5, 0.6) is 0 Å². The minimum atomic E-state index is -0.152. The molecular formula is C12H25NO. The van der Waals surface area contributed by atoms with Gasteiger partial charge in [-0.3, -0.25) is 0 Å². The van der Waals surface area contributed by atoms with Gasteiger partial charge in [0, 0.05) is 6.54 Å². The van der Waals surface area contributed by atoms with E-state index >= 15 is 0 Å². The fourth-order valence-corrected chi connectivity index (χ4v) is 2.20. The first-order chi connectivity index (χ1) is 6.83. The Labute approximate surface area is 88.1 Å². The van der Waals surface area contributed by atoms with Crippen LogP contribution >= 0.6 is 0 Å². The lowest BCUT2D eigenvalue weighted by Gasteiger charge is -2.21. The number of rotatable bonds is 6. The molecule has 1 aliphatic carbocycles. The molecule has 0 aliphatic heterocycles. The molecule has 1 rings (SSSR count). The third-order valence-electron chi connectivity index (χ3n) is 3.31. The smallest absolute Gasteiger partial charge is 0.0662 e. The summed E-state index contributed by atoms with van der Waals surface area (Å²) in [6, 6.07) is 0. The van der Waals surface area contributed by atoms with Crippen LogP contribution < -0.4 is 5.32 Å². The third kappa shape index (κ3) is 4.97. The predicted molar refractivity (Wildman–Crippen MR) is 60.4 cm³/mol. The van der Waals surface area contributed by atoms with Gasteiger partial charge in [-0.1, -0.05) is 39.0 Å². The van der Waals surface area contributed by atoms with E-state index in [9.17, 15) is 5.11 Å². The predicted octanol–water partition coefficient (Wildman–Crippen LogP) is 2.32. The van der Waals surface area contributed by atoms with Crippen molar-refractivity contribution in [2.45, 2.75) is 58.0 Å². The Morgan fingerprint density at radius 1 is 1.29 bits per heavy atom. The van der Waals surface area contributed by atoms with Crippen molar-refractivity contribution in [3.63, 3.8) is 0 Å². The van der Waals surface area contributed by atoms with E-state index in [2.05, 4.69) is 5.32 Å². The van der Waals surface area contributed by atoms with Gasteiger partial charge in [-0.05, 0) is 25.3 Å². The molecule has 14 heavy (non-hydrogen) atoms. The first-order valence-corrected chi connectivity index (χ1v) is 6.21. The Kier molecular flexibility index (Phi) is 6.20. The number of aliphatic hydroxyl groups excluding tert-OH is 1. The Balaban J connectivity index is 1.92. The Hall–Kier alpha value is -0.0800. The number of nitrogens with one attached hydrogen (secondary N) is 1. The van der Waals surface area contributed by atoms with Gasteiger partial charge < -0.3 is 10.4 Å². The van der Waals surface area contributed by atoms with Gasteiger partial charge in [-0.2, -0.15) is 0 Å². The molecule has 84 valence electrons. The quantitative estimate of drug-likeness (QED) is 0.643. The maximum atomic E-state index is 9.33. The van der Waals surface area contributed by atoms with E-state index in [1.54, 1.807) is 0 Å². The second-order valence-electron chi connectivity index (χ2n) is 4.56. The Bertz CT molecular complexity index is 132. The number of hydrogen-bond donors (Lipinski definition) is 2. The lowest BCUT2D eigenvalue weighted by Crippen LogP contribution is -2.28. The van der Waals surface area contributed by atoms with Crippen LogP contribution in [0.3, 0.4) is 0 Å².